The molecule has 0 amide bonds. The first-order valence-electron chi connectivity index (χ1n) is 13.6. The zero-order chi connectivity index (χ0) is 30.3. The van der Waals surface area contributed by atoms with E-state index in [1.165, 1.54) is 0 Å². The first-order chi connectivity index (χ1) is 20.9. The zero-order valence-electron chi connectivity index (χ0n) is 23.6. The summed E-state index contributed by atoms with van der Waals surface area (Å²) in [4.78, 5) is 12.8. The molecule has 0 aliphatic carbocycles. The van der Waals surface area contributed by atoms with Crippen molar-refractivity contribution >= 4 is 17.6 Å². The Bertz CT molecular complexity index is 1690. The second kappa shape index (κ2) is 13.2. The van der Waals surface area contributed by atoms with Crippen LogP contribution in [0.4, 0.5) is 0 Å². The summed E-state index contributed by atoms with van der Waals surface area (Å²) in [5.41, 5.74) is 9.19. The smallest absolute Gasteiger partial charge is 0.343 e. The van der Waals surface area contributed by atoms with Gasteiger partial charge in [0.1, 0.15) is 35.5 Å². The SMILES string of the molecule is CCCOc1ccc(C(=O)Oc2ccc3c(c2)OC(N)=C(C#N)C3c2ccc(OCc3ccc(Cl)cc3)c(OC)c2)cc1. The molecule has 0 radical (unpaired) electrons. The van der Waals surface area contributed by atoms with Crippen LogP contribution in [-0.2, 0) is 6.61 Å². The van der Waals surface area contributed by atoms with Gasteiger partial charge in [-0.1, -0.05) is 42.8 Å². The molecular formula is C34H29ClN2O6. The van der Waals surface area contributed by atoms with E-state index in [2.05, 4.69) is 6.07 Å². The number of rotatable bonds is 10. The highest BCUT2D eigenvalue weighted by Crippen LogP contribution is 2.45. The Kier molecular flexibility index (Phi) is 9.04. The molecule has 1 heterocycles. The molecule has 1 unspecified atom stereocenters. The summed E-state index contributed by atoms with van der Waals surface area (Å²) in [6, 6.07) is 26.8. The first kappa shape index (κ1) is 29.4. The van der Waals surface area contributed by atoms with Crippen LogP contribution in [0, 0.1) is 11.3 Å². The fraction of sp³-hybridized carbons (Fsp3) is 0.176. The quantitative estimate of drug-likeness (QED) is 0.152. The van der Waals surface area contributed by atoms with Gasteiger partial charge in [0.05, 0.1) is 25.2 Å². The minimum absolute atomic E-state index is 0.0341. The van der Waals surface area contributed by atoms with E-state index < -0.39 is 11.9 Å². The topological polar surface area (TPSA) is 113 Å². The lowest BCUT2D eigenvalue weighted by molar-refractivity contribution is 0.0734. The number of benzene rings is 4. The molecule has 1 atom stereocenters. The van der Waals surface area contributed by atoms with E-state index in [1.807, 2.05) is 31.2 Å². The standard InChI is InChI=1S/C34H29ClN2O6/c1-3-16-40-25-11-6-22(7-12-25)34(38)42-26-13-14-27-30(18-26)43-33(37)28(19-36)32(27)23-8-15-29(31(17-23)39-2)41-20-21-4-9-24(35)10-5-21/h4-15,17-18,32H,3,16,20,37H2,1-2H3. The van der Waals surface area contributed by atoms with Crippen molar-refractivity contribution in [2.45, 2.75) is 25.9 Å². The van der Waals surface area contributed by atoms with Crippen LogP contribution >= 0.6 is 11.6 Å². The van der Waals surface area contributed by atoms with Crippen LogP contribution in [0.3, 0.4) is 0 Å². The number of esters is 1. The van der Waals surface area contributed by atoms with Gasteiger partial charge in [0, 0.05) is 16.7 Å². The van der Waals surface area contributed by atoms with E-state index in [0.29, 0.717) is 52.4 Å². The maximum absolute atomic E-state index is 12.8. The van der Waals surface area contributed by atoms with Gasteiger partial charge >= 0.3 is 5.97 Å². The minimum atomic E-state index is -0.548. The summed E-state index contributed by atoms with van der Waals surface area (Å²) in [7, 11) is 1.55. The molecular weight excluding hydrogens is 568 g/mol. The van der Waals surface area contributed by atoms with Gasteiger partial charge in [-0.25, -0.2) is 4.79 Å². The van der Waals surface area contributed by atoms with Crippen LogP contribution in [-0.4, -0.2) is 19.7 Å². The molecule has 1 aliphatic heterocycles. The minimum Gasteiger partial charge on any atom is -0.494 e. The molecule has 218 valence electrons. The number of ether oxygens (including phenoxy) is 5. The van der Waals surface area contributed by atoms with Crippen LogP contribution in [0.15, 0.2) is 96.4 Å². The average molecular weight is 597 g/mol. The lowest BCUT2D eigenvalue weighted by Crippen LogP contribution is -2.21. The highest BCUT2D eigenvalue weighted by molar-refractivity contribution is 6.30. The monoisotopic (exact) mass is 596 g/mol. The third-order valence-electron chi connectivity index (χ3n) is 6.79. The van der Waals surface area contributed by atoms with E-state index in [-0.39, 0.29) is 17.2 Å². The molecule has 0 fully saturated rings. The van der Waals surface area contributed by atoms with Crippen molar-refractivity contribution in [3.05, 3.63) is 124 Å². The Balaban J connectivity index is 1.38. The molecule has 5 rings (SSSR count). The average Bonchev–Trinajstić information content (AvgIpc) is 3.03. The van der Waals surface area contributed by atoms with Crippen molar-refractivity contribution in [1.82, 2.24) is 0 Å². The van der Waals surface area contributed by atoms with Gasteiger partial charge in [-0.15, -0.1) is 0 Å². The zero-order valence-corrected chi connectivity index (χ0v) is 24.4. The van der Waals surface area contributed by atoms with Gasteiger partial charge < -0.3 is 29.4 Å². The number of allylic oxidation sites excluding steroid dienone is 1. The van der Waals surface area contributed by atoms with Crippen LogP contribution in [0.1, 0.15) is 46.3 Å². The number of nitrogens with two attached hydrogens (primary N) is 1. The predicted molar refractivity (Wildman–Crippen MR) is 162 cm³/mol. The van der Waals surface area contributed by atoms with E-state index in [1.54, 1.807) is 67.8 Å². The van der Waals surface area contributed by atoms with Crippen molar-refractivity contribution in [3.8, 4) is 34.8 Å². The number of hydrogen-bond acceptors (Lipinski definition) is 8. The van der Waals surface area contributed by atoms with Crippen LogP contribution < -0.4 is 29.4 Å². The molecule has 43 heavy (non-hydrogen) atoms. The number of hydrogen-bond donors (Lipinski definition) is 1. The molecule has 0 aromatic heterocycles. The molecule has 0 saturated carbocycles. The van der Waals surface area contributed by atoms with E-state index in [0.717, 1.165) is 17.5 Å². The van der Waals surface area contributed by atoms with Crippen LogP contribution in [0.25, 0.3) is 0 Å². The van der Waals surface area contributed by atoms with Gasteiger partial charge in [-0.05, 0) is 72.1 Å². The fourth-order valence-corrected chi connectivity index (χ4v) is 4.77. The van der Waals surface area contributed by atoms with Crippen molar-refractivity contribution in [2.24, 2.45) is 5.73 Å². The Morgan fingerprint density at radius 1 is 0.953 bits per heavy atom. The third kappa shape index (κ3) is 6.69. The number of fused-ring (bicyclic) bond motifs is 1. The lowest BCUT2D eigenvalue weighted by Gasteiger charge is -2.27. The lowest BCUT2D eigenvalue weighted by atomic mass is 9.83. The fourth-order valence-electron chi connectivity index (χ4n) is 4.64. The third-order valence-corrected chi connectivity index (χ3v) is 7.04. The Hall–Kier alpha value is -5.13. The van der Waals surface area contributed by atoms with Crippen LogP contribution in [0.5, 0.6) is 28.7 Å². The Morgan fingerprint density at radius 2 is 1.70 bits per heavy atom. The second-order valence-corrected chi connectivity index (χ2v) is 10.1. The van der Waals surface area contributed by atoms with Crippen molar-refractivity contribution in [1.29, 1.82) is 5.26 Å². The normalized spacial score (nSPS) is 13.8. The number of carbonyl (C=O) groups is 1. The number of methoxy groups -OCH3 is 1. The summed E-state index contributed by atoms with van der Waals surface area (Å²) in [6.07, 6.45) is 0.888. The Labute approximate surface area is 254 Å². The van der Waals surface area contributed by atoms with Gasteiger partial charge in [-0.2, -0.15) is 5.26 Å². The Morgan fingerprint density at radius 3 is 2.40 bits per heavy atom. The maximum atomic E-state index is 12.8. The molecule has 1 aliphatic rings. The molecule has 0 saturated heterocycles. The van der Waals surface area contributed by atoms with E-state index in [4.69, 9.17) is 41.0 Å². The highest BCUT2D eigenvalue weighted by Gasteiger charge is 2.32. The van der Waals surface area contributed by atoms with Crippen molar-refractivity contribution < 1.29 is 28.5 Å². The molecule has 0 bridgehead atoms. The molecule has 2 N–H and O–H groups in total. The summed E-state index contributed by atoms with van der Waals surface area (Å²) in [5.74, 6) is 1.24. The van der Waals surface area contributed by atoms with Gasteiger partial charge in [0.2, 0.25) is 5.88 Å². The summed E-state index contributed by atoms with van der Waals surface area (Å²) in [5, 5.41) is 10.6. The highest BCUT2D eigenvalue weighted by atomic mass is 35.5. The summed E-state index contributed by atoms with van der Waals surface area (Å²) in [6.45, 7) is 2.94. The van der Waals surface area contributed by atoms with Crippen molar-refractivity contribution in [3.63, 3.8) is 0 Å². The molecule has 4 aromatic rings. The second-order valence-electron chi connectivity index (χ2n) is 9.71. The number of nitrogens with zero attached hydrogens (tertiary/aromatic N) is 1. The van der Waals surface area contributed by atoms with Gasteiger partial charge in [0.25, 0.3) is 0 Å². The predicted octanol–water partition coefficient (Wildman–Crippen LogP) is 7.15. The molecule has 4 aromatic carbocycles. The van der Waals surface area contributed by atoms with E-state index >= 15 is 0 Å². The molecule has 9 heteroatoms. The maximum Gasteiger partial charge on any atom is 0.343 e. The number of halogens is 1. The number of nitriles is 1. The summed E-state index contributed by atoms with van der Waals surface area (Å²) >= 11 is 5.98. The largest absolute Gasteiger partial charge is 0.494 e. The number of carbonyl (C=O) groups excluding carboxylic acids is 1. The van der Waals surface area contributed by atoms with Gasteiger partial charge in [0.15, 0.2) is 11.5 Å². The molecule has 0 spiro atoms. The molecule has 8 nitrogen and oxygen atoms in total. The van der Waals surface area contributed by atoms with Crippen molar-refractivity contribution in [2.75, 3.05) is 13.7 Å². The van der Waals surface area contributed by atoms with Crippen LogP contribution in [0.2, 0.25) is 5.02 Å². The first-order valence-corrected chi connectivity index (χ1v) is 14.0. The van der Waals surface area contributed by atoms with E-state index in [9.17, 15) is 10.1 Å². The van der Waals surface area contributed by atoms with Gasteiger partial charge in [-0.3, -0.25) is 0 Å². The summed E-state index contributed by atoms with van der Waals surface area (Å²) < 4.78 is 28.6.